The van der Waals surface area contributed by atoms with Crippen LogP contribution in [0, 0.1) is 11.6 Å². The van der Waals surface area contributed by atoms with Gasteiger partial charge in [-0.25, -0.2) is 18.5 Å². The summed E-state index contributed by atoms with van der Waals surface area (Å²) < 4.78 is 34.5. The molecule has 178 valence electrons. The Morgan fingerprint density at radius 1 is 0.806 bits per heavy atom. The zero-order valence-corrected chi connectivity index (χ0v) is 18.7. The predicted octanol–water partition coefficient (Wildman–Crippen LogP) is 5.36. The van der Waals surface area contributed by atoms with Crippen LogP contribution in [0.4, 0.5) is 19.3 Å². The minimum atomic E-state index is -1.05. The predicted molar refractivity (Wildman–Crippen MR) is 130 cm³/mol. The number of halogens is 2. The summed E-state index contributed by atoms with van der Waals surface area (Å²) in [5.41, 5.74) is 0.0372. The average molecular weight is 484 g/mol. The van der Waals surface area contributed by atoms with Crippen LogP contribution in [0.5, 0.6) is 5.75 Å². The summed E-state index contributed by atoms with van der Waals surface area (Å²) in [5.74, 6) is -2.85. The van der Waals surface area contributed by atoms with E-state index in [4.69, 9.17) is 4.74 Å². The highest BCUT2D eigenvalue weighted by atomic mass is 19.1. The van der Waals surface area contributed by atoms with Crippen molar-refractivity contribution in [1.29, 1.82) is 0 Å². The molecule has 1 fully saturated rings. The monoisotopic (exact) mass is 484 g/mol. The Bertz CT molecular complexity index is 1560. The number of rotatable bonds is 5. The molecule has 0 aromatic heterocycles. The number of barbiturate groups is 1. The zero-order valence-electron chi connectivity index (χ0n) is 18.7. The molecule has 1 aliphatic rings. The van der Waals surface area contributed by atoms with Crippen LogP contribution < -0.4 is 15.0 Å². The zero-order chi connectivity index (χ0) is 25.2. The van der Waals surface area contributed by atoms with E-state index in [-0.39, 0.29) is 17.9 Å². The van der Waals surface area contributed by atoms with Crippen LogP contribution in [0.3, 0.4) is 0 Å². The lowest BCUT2D eigenvalue weighted by atomic mass is 9.99. The van der Waals surface area contributed by atoms with Gasteiger partial charge in [0.1, 0.15) is 29.6 Å². The molecule has 0 bridgehead atoms. The molecule has 0 aliphatic carbocycles. The molecule has 0 radical (unpaired) electrons. The molecular formula is C28H18F2N2O4. The van der Waals surface area contributed by atoms with Crippen molar-refractivity contribution in [2.45, 2.75) is 6.61 Å². The molecule has 6 nitrogen and oxygen atoms in total. The van der Waals surface area contributed by atoms with Gasteiger partial charge in [0.15, 0.2) is 0 Å². The van der Waals surface area contributed by atoms with Crippen molar-refractivity contribution in [2.75, 3.05) is 4.90 Å². The van der Waals surface area contributed by atoms with Crippen LogP contribution in [-0.2, 0) is 16.2 Å². The van der Waals surface area contributed by atoms with Gasteiger partial charge in [0.05, 0.1) is 5.69 Å². The van der Waals surface area contributed by atoms with Crippen molar-refractivity contribution in [2.24, 2.45) is 0 Å². The molecule has 0 spiro atoms. The Hall–Kier alpha value is -4.85. The smallest absolute Gasteiger partial charge is 0.336 e. The number of nitrogens with one attached hydrogen (secondary N) is 1. The second kappa shape index (κ2) is 9.42. The molecule has 1 saturated heterocycles. The van der Waals surface area contributed by atoms with Gasteiger partial charge in [0, 0.05) is 11.1 Å². The Morgan fingerprint density at radius 3 is 2.28 bits per heavy atom. The molecule has 0 saturated carbocycles. The number of urea groups is 1. The van der Waals surface area contributed by atoms with Gasteiger partial charge >= 0.3 is 6.03 Å². The molecule has 4 aromatic rings. The lowest BCUT2D eigenvalue weighted by molar-refractivity contribution is -0.122. The molecule has 0 atom stereocenters. The van der Waals surface area contributed by atoms with E-state index in [0.717, 1.165) is 11.5 Å². The van der Waals surface area contributed by atoms with Crippen molar-refractivity contribution in [3.05, 3.63) is 113 Å². The van der Waals surface area contributed by atoms with Crippen molar-refractivity contribution >= 4 is 40.4 Å². The fourth-order valence-corrected chi connectivity index (χ4v) is 3.97. The summed E-state index contributed by atoms with van der Waals surface area (Å²) in [6.07, 6.45) is 1.30. The standard InChI is InChI=1S/C28H18F2N2O4/c29-22-10-4-2-8-18(22)16-36-25-14-13-17-7-1-3-9-19(17)20(25)15-21-26(33)31-28(35)32(27(21)34)24-12-6-5-11-23(24)30/h1-15H,16H2,(H,31,33,35)/b21-15-. The number of anilines is 1. The van der Waals surface area contributed by atoms with E-state index in [1.807, 2.05) is 12.1 Å². The summed E-state index contributed by atoms with van der Waals surface area (Å²) >= 11 is 0. The van der Waals surface area contributed by atoms with Gasteiger partial charge in [-0.1, -0.05) is 60.7 Å². The van der Waals surface area contributed by atoms with E-state index >= 15 is 0 Å². The quantitative estimate of drug-likeness (QED) is 0.306. The van der Waals surface area contributed by atoms with Crippen LogP contribution in [0.2, 0.25) is 0 Å². The number of fused-ring (bicyclic) bond motifs is 1. The summed E-state index contributed by atoms with van der Waals surface area (Å²) in [6.45, 7) is -0.0961. The van der Waals surface area contributed by atoms with Gasteiger partial charge in [0.25, 0.3) is 11.8 Å². The molecule has 4 amide bonds. The maximum atomic E-state index is 14.4. The topological polar surface area (TPSA) is 75.7 Å². The number of benzene rings is 4. The van der Waals surface area contributed by atoms with Crippen molar-refractivity contribution < 1.29 is 27.9 Å². The Kier molecular flexibility index (Phi) is 6.00. The van der Waals surface area contributed by atoms with E-state index in [1.165, 1.54) is 30.3 Å². The van der Waals surface area contributed by atoms with E-state index in [9.17, 15) is 23.2 Å². The van der Waals surface area contributed by atoms with Crippen LogP contribution in [0.25, 0.3) is 16.8 Å². The third-order valence-corrected chi connectivity index (χ3v) is 5.76. The Labute approximate surface area is 204 Å². The number of carbonyl (C=O) groups excluding carboxylic acids is 3. The fraction of sp³-hybridized carbons (Fsp3) is 0.0357. The molecule has 1 N–H and O–H groups in total. The Morgan fingerprint density at radius 2 is 1.50 bits per heavy atom. The second-order valence-electron chi connectivity index (χ2n) is 7.99. The highest BCUT2D eigenvalue weighted by Crippen LogP contribution is 2.33. The number of carbonyl (C=O) groups is 3. The minimum Gasteiger partial charge on any atom is -0.488 e. The highest BCUT2D eigenvalue weighted by Gasteiger charge is 2.38. The fourth-order valence-electron chi connectivity index (χ4n) is 3.97. The first-order valence-corrected chi connectivity index (χ1v) is 11.0. The van der Waals surface area contributed by atoms with Crippen molar-refractivity contribution in [3.8, 4) is 5.75 Å². The normalized spacial score (nSPS) is 14.9. The largest absolute Gasteiger partial charge is 0.488 e. The van der Waals surface area contributed by atoms with E-state index in [2.05, 4.69) is 5.32 Å². The van der Waals surface area contributed by atoms with Crippen LogP contribution in [0.15, 0.2) is 90.5 Å². The summed E-state index contributed by atoms with van der Waals surface area (Å²) in [7, 11) is 0. The summed E-state index contributed by atoms with van der Waals surface area (Å²) in [6, 6.07) is 21.1. The maximum Gasteiger partial charge on any atom is 0.336 e. The number of para-hydroxylation sites is 1. The molecule has 4 aromatic carbocycles. The first-order chi connectivity index (χ1) is 17.4. The highest BCUT2D eigenvalue weighted by molar-refractivity contribution is 6.39. The SMILES string of the molecule is O=C1NC(=O)N(c2ccccc2F)C(=O)/C1=C\c1c(OCc2ccccc2F)ccc2ccccc12. The van der Waals surface area contributed by atoms with E-state index in [0.29, 0.717) is 27.2 Å². The van der Waals surface area contributed by atoms with Gasteiger partial charge < -0.3 is 4.74 Å². The van der Waals surface area contributed by atoms with Crippen molar-refractivity contribution in [3.63, 3.8) is 0 Å². The molecule has 5 rings (SSSR count). The average Bonchev–Trinajstić information content (AvgIpc) is 2.87. The number of hydrogen-bond acceptors (Lipinski definition) is 4. The number of ether oxygens (including phenoxy) is 1. The second-order valence-corrected chi connectivity index (χ2v) is 7.99. The van der Waals surface area contributed by atoms with Crippen molar-refractivity contribution in [1.82, 2.24) is 5.32 Å². The number of nitrogens with zero attached hydrogens (tertiary/aromatic N) is 1. The lowest BCUT2D eigenvalue weighted by Gasteiger charge is -2.26. The van der Waals surface area contributed by atoms with E-state index < -0.39 is 29.5 Å². The first kappa shape index (κ1) is 22.9. The third-order valence-electron chi connectivity index (χ3n) is 5.76. The summed E-state index contributed by atoms with van der Waals surface area (Å²) in [5, 5.41) is 3.55. The van der Waals surface area contributed by atoms with Gasteiger partial charge in [-0.05, 0) is 41.1 Å². The van der Waals surface area contributed by atoms with Crippen LogP contribution in [0.1, 0.15) is 11.1 Å². The van der Waals surface area contributed by atoms with Crippen LogP contribution >= 0.6 is 0 Å². The minimum absolute atomic E-state index is 0.0961. The van der Waals surface area contributed by atoms with Gasteiger partial charge in [0.2, 0.25) is 0 Å². The number of hydrogen-bond donors (Lipinski definition) is 1. The van der Waals surface area contributed by atoms with Gasteiger partial charge in [-0.2, -0.15) is 0 Å². The van der Waals surface area contributed by atoms with E-state index in [1.54, 1.807) is 42.5 Å². The molecule has 1 heterocycles. The molecule has 36 heavy (non-hydrogen) atoms. The Balaban J connectivity index is 1.60. The molecular weight excluding hydrogens is 466 g/mol. The van der Waals surface area contributed by atoms with Gasteiger partial charge in [-0.15, -0.1) is 0 Å². The lowest BCUT2D eigenvalue weighted by Crippen LogP contribution is -2.54. The summed E-state index contributed by atoms with van der Waals surface area (Å²) in [4.78, 5) is 39.0. The number of amides is 4. The molecule has 0 unspecified atom stereocenters. The van der Waals surface area contributed by atoms with Crippen LogP contribution in [-0.4, -0.2) is 17.8 Å². The molecule has 1 aliphatic heterocycles. The third kappa shape index (κ3) is 4.20. The molecule has 8 heteroatoms. The number of imide groups is 2. The first-order valence-electron chi connectivity index (χ1n) is 11.0. The maximum absolute atomic E-state index is 14.4. The van der Waals surface area contributed by atoms with Gasteiger partial charge in [-0.3, -0.25) is 14.9 Å².